The molecule has 0 bridgehead atoms. The molecule has 1 aromatic rings. The van der Waals surface area contributed by atoms with Gasteiger partial charge in [-0.1, -0.05) is 19.8 Å². The third-order valence-corrected chi connectivity index (χ3v) is 3.77. The third-order valence-electron chi connectivity index (χ3n) is 3.77. The summed E-state index contributed by atoms with van der Waals surface area (Å²) in [6.45, 7) is 5.89. The smallest absolute Gasteiger partial charge is 0.274 e. The summed E-state index contributed by atoms with van der Waals surface area (Å²) in [6, 6.07) is 0.358. The van der Waals surface area contributed by atoms with Gasteiger partial charge in [0, 0.05) is 19.1 Å². The first-order chi connectivity index (χ1) is 9.70. The van der Waals surface area contributed by atoms with Crippen LogP contribution in [0.1, 0.15) is 56.4 Å². The summed E-state index contributed by atoms with van der Waals surface area (Å²) < 4.78 is 0. The lowest BCUT2D eigenvalue weighted by Crippen LogP contribution is -2.32. The Hall–Kier alpha value is -1.65. The maximum absolute atomic E-state index is 12.3. The summed E-state index contributed by atoms with van der Waals surface area (Å²) >= 11 is 0. The van der Waals surface area contributed by atoms with Crippen molar-refractivity contribution in [1.82, 2.24) is 14.9 Å². The molecule has 5 nitrogen and oxygen atoms in total. The van der Waals surface area contributed by atoms with Crippen LogP contribution >= 0.6 is 0 Å². The van der Waals surface area contributed by atoms with Crippen molar-refractivity contribution in [2.24, 2.45) is 0 Å². The van der Waals surface area contributed by atoms with Crippen molar-refractivity contribution < 1.29 is 4.79 Å². The van der Waals surface area contributed by atoms with Gasteiger partial charge in [-0.25, -0.2) is 9.97 Å². The van der Waals surface area contributed by atoms with Gasteiger partial charge in [0.15, 0.2) is 0 Å². The number of anilines is 1. The molecule has 2 heterocycles. The molecule has 1 aromatic heterocycles. The van der Waals surface area contributed by atoms with E-state index in [-0.39, 0.29) is 5.91 Å². The Morgan fingerprint density at radius 1 is 1.25 bits per heavy atom. The lowest BCUT2D eigenvalue weighted by atomic mass is 10.2. The molecule has 2 rings (SSSR count). The SMILES string of the molecule is CCC(C)Nc1cnc(C(=O)N2CCCCCC2)cn1. The first-order valence-electron chi connectivity index (χ1n) is 7.58. The number of aromatic nitrogens is 2. The molecule has 0 spiro atoms. The number of hydrogen-bond donors (Lipinski definition) is 1. The first-order valence-corrected chi connectivity index (χ1v) is 7.58. The number of nitrogens with one attached hydrogen (secondary N) is 1. The Bertz CT molecular complexity index is 424. The van der Waals surface area contributed by atoms with Gasteiger partial charge in [-0.15, -0.1) is 0 Å². The zero-order valence-corrected chi connectivity index (χ0v) is 12.4. The van der Waals surface area contributed by atoms with Crippen LogP contribution in [0.5, 0.6) is 0 Å². The molecule has 1 unspecified atom stereocenters. The van der Waals surface area contributed by atoms with Gasteiger partial charge in [0.2, 0.25) is 0 Å². The Balaban J connectivity index is 1.99. The predicted octanol–water partition coefficient (Wildman–Crippen LogP) is 2.70. The molecule has 1 N–H and O–H groups in total. The fraction of sp³-hybridized carbons (Fsp3) is 0.667. The van der Waals surface area contributed by atoms with Crippen LogP contribution in [0.4, 0.5) is 5.82 Å². The van der Waals surface area contributed by atoms with E-state index in [4.69, 9.17) is 0 Å². The first kappa shape index (κ1) is 14.8. The maximum atomic E-state index is 12.3. The minimum Gasteiger partial charge on any atom is -0.366 e. The van der Waals surface area contributed by atoms with Gasteiger partial charge in [-0.3, -0.25) is 4.79 Å². The minimum absolute atomic E-state index is 0.00879. The van der Waals surface area contributed by atoms with Crippen LogP contribution in [0.2, 0.25) is 0 Å². The fourth-order valence-electron chi connectivity index (χ4n) is 2.30. The molecule has 0 aliphatic carbocycles. The van der Waals surface area contributed by atoms with Crippen molar-refractivity contribution in [2.45, 2.75) is 52.0 Å². The van der Waals surface area contributed by atoms with Crippen molar-refractivity contribution >= 4 is 11.7 Å². The second-order valence-electron chi connectivity index (χ2n) is 5.45. The van der Waals surface area contributed by atoms with Crippen LogP contribution in [0.25, 0.3) is 0 Å². The van der Waals surface area contributed by atoms with Crippen LogP contribution in [0.15, 0.2) is 12.4 Å². The van der Waals surface area contributed by atoms with Crippen molar-refractivity contribution in [3.63, 3.8) is 0 Å². The third kappa shape index (κ3) is 3.92. The Labute approximate surface area is 120 Å². The number of rotatable bonds is 4. The van der Waals surface area contributed by atoms with E-state index in [0.717, 1.165) is 38.2 Å². The minimum atomic E-state index is 0.00879. The van der Waals surface area contributed by atoms with Crippen LogP contribution in [0, 0.1) is 0 Å². The maximum Gasteiger partial charge on any atom is 0.274 e. The van der Waals surface area contributed by atoms with E-state index < -0.39 is 0 Å². The van der Waals surface area contributed by atoms with E-state index in [1.165, 1.54) is 12.8 Å². The summed E-state index contributed by atoms with van der Waals surface area (Å²) in [5.41, 5.74) is 0.446. The quantitative estimate of drug-likeness (QED) is 0.918. The molecule has 1 atom stereocenters. The molecule has 20 heavy (non-hydrogen) atoms. The van der Waals surface area contributed by atoms with E-state index in [1.807, 2.05) is 4.90 Å². The number of carbonyl (C=O) groups is 1. The van der Waals surface area contributed by atoms with E-state index in [0.29, 0.717) is 11.7 Å². The van der Waals surface area contributed by atoms with Gasteiger partial charge in [0.25, 0.3) is 5.91 Å². The van der Waals surface area contributed by atoms with Crippen LogP contribution in [0.3, 0.4) is 0 Å². The summed E-state index contributed by atoms with van der Waals surface area (Å²) in [5.74, 6) is 0.737. The van der Waals surface area contributed by atoms with Crippen molar-refractivity contribution in [3.8, 4) is 0 Å². The number of amides is 1. The average Bonchev–Trinajstić information content (AvgIpc) is 2.76. The molecule has 0 saturated carbocycles. The summed E-state index contributed by atoms with van der Waals surface area (Å²) in [7, 11) is 0. The van der Waals surface area contributed by atoms with Gasteiger partial charge in [-0.05, 0) is 26.2 Å². The van der Waals surface area contributed by atoms with Crippen LogP contribution in [-0.2, 0) is 0 Å². The van der Waals surface area contributed by atoms with Crippen molar-refractivity contribution in [1.29, 1.82) is 0 Å². The van der Waals surface area contributed by atoms with Gasteiger partial charge >= 0.3 is 0 Å². The van der Waals surface area contributed by atoms with E-state index in [2.05, 4.69) is 29.1 Å². The van der Waals surface area contributed by atoms with Crippen LogP contribution < -0.4 is 5.32 Å². The van der Waals surface area contributed by atoms with Gasteiger partial charge in [0.05, 0.1) is 12.4 Å². The zero-order valence-electron chi connectivity index (χ0n) is 12.4. The molecule has 0 aromatic carbocycles. The number of carbonyl (C=O) groups excluding carboxylic acids is 1. The predicted molar refractivity (Wildman–Crippen MR) is 79.8 cm³/mol. The van der Waals surface area contributed by atoms with Crippen LogP contribution in [-0.4, -0.2) is 39.9 Å². The Morgan fingerprint density at radius 3 is 2.50 bits per heavy atom. The molecule has 1 aliphatic heterocycles. The highest BCUT2D eigenvalue weighted by Crippen LogP contribution is 2.13. The number of nitrogens with zero attached hydrogens (tertiary/aromatic N) is 3. The van der Waals surface area contributed by atoms with E-state index in [1.54, 1.807) is 12.4 Å². The normalized spacial score (nSPS) is 17.4. The molecule has 1 aliphatic rings. The summed E-state index contributed by atoms with van der Waals surface area (Å²) in [6.07, 6.45) is 8.87. The Morgan fingerprint density at radius 2 is 1.95 bits per heavy atom. The van der Waals surface area contributed by atoms with Gasteiger partial charge in [-0.2, -0.15) is 0 Å². The largest absolute Gasteiger partial charge is 0.366 e. The summed E-state index contributed by atoms with van der Waals surface area (Å²) in [4.78, 5) is 22.8. The Kier molecular flexibility index (Phi) is 5.32. The zero-order chi connectivity index (χ0) is 14.4. The summed E-state index contributed by atoms with van der Waals surface area (Å²) in [5, 5.41) is 3.25. The van der Waals surface area contributed by atoms with Crippen molar-refractivity contribution in [3.05, 3.63) is 18.1 Å². The highest BCUT2D eigenvalue weighted by molar-refractivity contribution is 5.92. The topological polar surface area (TPSA) is 58.1 Å². The lowest BCUT2D eigenvalue weighted by molar-refractivity contribution is 0.0755. The second kappa shape index (κ2) is 7.22. The highest BCUT2D eigenvalue weighted by atomic mass is 16.2. The fourth-order valence-corrected chi connectivity index (χ4v) is 2.30. The standard InChI is InChI=1S/C15H24N4O/c1-3-12(2)18-14-11-16-13(10-17-14)15(20)19-8-6-4-5-7-9-19/h10-12H,3-9H2,1-2H3,(H,17,18). The molecule has 110 valence electrons. The van der Waals surface area contributed by atoms with Gasteiger partial charge < -0.3 is 10.2 Å². The molecular weight excluding hydrogens is 252 g/mol. The second-order valence-corrected chi connectivity index (χ2v) is 5.45. The van der Waals surface area contributed by atoms with Crippen molar-refractivity contribution in [2.75, 3.05) is 18.4 Å². The van der Waals surface area contributed by atoms with E-state index in [9.17, 15) is 4.79 Å². The molecule has 1 amide bonds. The van der Waals surface area contributed by atoms with Gasteiger partial charge in [0.1, 0.15) is 11.5 Å². The number of hydrogen-bond acceptors (Lipinski definition) is 4. The monoisotopic (exact) mass is 276 g/mol. The molecular formula is C15H24N4O. The molecule has 0 radical (unpaired) electrons. The highest BCUT2D eigenvalue weighted by Gasteiger charge is 2.18. The molecule has 1 saturated heterocycles. The lowest BCUT2D eigenvalue weighted by Gasteiger charge is -2.19. The molecule has 5 heteroatoms. The number of likely N-dealkylation sites (tertiary alicyclic amines) is 1. The molecule has 1 fully saturated rings. The average molecular weight is 276 g/mol. The van der Waals surface area contributed by atoms with E-state index >= 15 is 0 Å².